The van der Waals surface area contributed by atoms with E-state index in [0.29, 0.717) is 13.2 Å². The van der Waals surface area contributed by atoms with Gasteiger partial charge in [-0.15, -0.1) is 0 Å². The second-order valence-corrected chi connectivity index (χ2v) is 6.82. The van der Waals surface area contributed by atoms with Crippen LogP contribution in [-0.4, -0.2) is 74.2 Å². The number of morpholine rings is 1. The number of aromatic nitrogens is 2. The molecule has 0 saturated carbocycles. The summed E-state index contributed by atoms with van der Waals surface area (Å²) in [5, 5.41) is 4.49. The molecule has 0 atom stereocenters. The summed E-state index contributed by atoms with van der Waals surface area (Å²) in [6.45, 7) is 6.55. The quantitative estimate of drug-likeness (QED) is 0.813. The van der Waals surface area contributed by atoms with Crippen LogP contribution in [0.25, 0.3) is 5.69 Å². The van der Waals surface area contributed by atoms with Crippen molar-refractivity contribution in [2.45, 2.75) is 0 Å². The number of anilines is 2. The number of hydrogen-bond donors (Lipinski definition) is 0. The van der Waals surface area contributed by atoms with E-state index in [0.717, 1.165) is 56.3 Å². The highest BCUT2D eigenvalue weighted by Gasteiger charge is 2.25. The predicted molar refractivity (Wildman–Crippen MR) is 103 cm³/mol. The van der Waals surface area contributed by atoms with Gasteiger partial charge in [0.25, 0.3) is 5.56 Å². The van der Waals surface area contributed by atoms with Crippen molar-refractivity contribution in [1.29, 1.82) is 0 Å². The zero-order chi connectivity index (χ0) is 17.9. The summed E-state index contributed by atoms with van der Waals surface area (Å²) < 4.78 is 6.99. The molecule has 26 heavy (non-hydrogen) atoms. The molecule has 2 aliphatic heterocycles. The van der Waals surface area contributed by atoms with Crippen molar-refractivity contribution in [2.24, 2.45) is 0 Å². The minimum absolute atomic E-state index is 0.0606. The van der Waals surface area contributed by atoms with Gasteiger partial charge in [0, 0.05) is 39.3 Å². The summed E-state index contributed by atoms with van der Waals surface area (Å²) in [5.74, 6) is 0. The minimum atomic E-state index is -0.0606. The first kappa shape index (κ1) is 17.1. The van der Waals surface area contributed by atoms with Crippen LogP contribution >= 0.6 is 0 Å². The summed E-state index contributed by atoms with van der Waals surface area (Å²) in [4.78, 5) is 20.1. The van der Waals surface area contributed by atoms with Gasteiger partial charge in [0.05, 0.1) is 30.8 Å². The van der Waals surface area contributed by atoms with Gasteiger partial charge in [-0.2, -0.15) is 9.78 Å². The van der Waals surface area contributed by atoms with Crippen LogP contribution in [-0.2, 0) is 4.74 Å². The van der Waals surface area contributed by atoms with Gasteiger partial charge in [0.1, 0.15) is 5.69 Å². The Hall–Kier alpha value is -2.38. The average molecular weight is 355 g/mol. The van der Waals surface area contributed by atoms with Gasteiger partial charge in [-0.1, -0.05) is 18.2 Å². The molecule has 0 unspecified atom stereocenters. The molecule has 0 bridgehead atoms. The first-order valence-corrected chi connectivity index (χ1v) is 9.18. The standard InChI is InChI=1S/C19H25N5O2/c1-21-7-9-22(10-8-21)17-15-20-24(16-5-3-2-4-6-16)19(25)18(17)23-11-13-26-14-12-23/h2-6,15H,7-14H2,1H3. The van der Waals surface area contributed by atoms with E-state index in [9.17, 15) is 4.79 Å². The number of benzene rings is 1. The van der Waals surface area contributed by atoms with E-state index in [-0.39, 0.29) is 5.56 Å². The zero-order valence-electron chi connectivity index (χ0n) is 15.2. The molecule has 0 N–H and O–H groups in total. The van der Waals surface area contributed by atoms with E-state index in [2.05, 4.69) is 26.8 Å². The van der Waals surface area contributed by atoms with Gasteiger partial charge in [0.2, 0.25) is 0 Å². The van der Waals surface area contributed by atoms with Crippen molar-refractivity contribution in [1.82, 2.24) is 14.7 Å². The van der Waals surface area contributed by atoms with Crippen LogP contribution in [0.4, 0.5) is 11.4 Å². The molecule has 3 heterocycles. The monoisotopic (exact) mass is 355 g/mol. The Morgan fingerprint density at radius 3 is 2.31 bits per heavy atom. The maximum atomic E-state index is 13.4. The maximum absolute atomic E-state index is 13.4. The van der Waals surface area contributed by atoms with Crippen molar-refractivity contribution in [2.75, 3.05) is 69.3 Å². The van der Waals surface area contributed by atoms with Gasteiger partial charge in [-0.25, -0.2) is 0 Å². The van der Waals surface area contributed by atoms with E-state index in [1.807, 2.05) is 36.5 Å². The maximum Gasteiger partial charge on any atom is 0.297 e. The van der Waals surface area contributed by atoms with Crippen molar-refractivity contribution in [3.8, 4) is 5.69 Å². The Balaban J connectivity index is 1.78. The SMILES string of the molecule is CN1CCN(c2cnn(-c3ccccc3)c(=O)c2N2CCOCC2)CC1. The topological polar surface area (TPSA) is 53.8 Å². The van der Waals surface area contributed by atoms with E-state index in [1.54, 1.807) is 0 Å². The van der Waals surface area contributed by atoms with Crippen LogP contribution in [0.5, 0.6) is 0 Å². The summed E-state index contributed by atoms with van der Waals surface area (Å²) in [7, 11) is 2.13. The van der Waals surface area contributed by atoms with Crippen LogP contribution in [0.15, 0.2) is 41.3 Å². The van der Waals surface area contributed by atoms with Crippen LogP contribution < -0.4 is 15.4 Å². The fourth-order valence-electron chi connectivity index (χ4n) is 3.55. The third kappa shape index (κ3) is 3.32. The lowest BCUT2D eigenvalue weighted by molar-refractivity contribution is 0.122. The fraction of sp³-hybridized carbons (Fsp3) is 0.474. The average Bonchev–Trinajstić information content (AvgIpc) is 2.70. The molecule has 138 valence electrons. The highest BCUT2D eigenvalue weighted by molar-refractivity contribution is 5.70. The van der Waals surface area contributed by atoms with Crippen LogP contribution in [0.1, 0.15) is 0 Å². The number of ether oxygens (including phenoxy) is 1. The number of piperazine rings is 1. The number of likely N-dealkylation sites (N-methyl/N-ethyl adjacent to an activating group) is 1. The van der Waals surface area contributed by atoms with Crippen LogP contribution in [0.2, 0.25) is 0 Å². The highest BCUT2D eigenvalue weighted by atomic mass is 16.5. The predicted octanol–water partition coefficient (Wildman–Crippen LogP) is 0.821. The highest BCUT2D eigenvalue weighted by Crippen LogP contribution is 2.27. The van der Waals surface area contributed by atoms with Gasteiger partial charge in [-0.05, 0) is 19.2 Å². The first-order chi connectivity index (χ1) is 12.7. The lowest BCUT2D eigenvalue weighted by Gasteiger charge is -2.37. The van der Waals surface area contributed by atoms with E-state index >= 15 is 0 Å². The van der Waals surface area contributed by atoms with E-state index < -0.39 is 0 Å². The van der Waals surface area contributed by atoms with Crippen molar-refractivity contribution < 1.29 is 4.74 Å². The number of rotatable bonds is 3. The fourth-order valence-corrected chi connectivity index (χ4v) is 3.55. The molecule has 0 aliphatic carbocycles. The molecular formula is C19H25N5O2. The molecule has 2 saturated heterocycles. The minimum Gasteiger partial charge on any atom is -0.378 e. The Morgan fingerprint density at radius 2 is 1.62 bits per heavy atom. The lowest BCUT2D eigenvalue weighted by Crippen LogP contribution is -2.47. The smallest absolute Gasteiger partial charge is 0.297 e. The zero-order valence-corrected chi connectivity index (χ0v) is 15.2. The van der Waals surface area contributed by atoms with Crippen molar-refractivity contribution in [3.63, 3.8) is 0 Å². The van der Waals surface area contributed by atoms with Crippen molar-refractivity contribution in [3.05, 3.63) is 46.9 Å². The molecule has 2 aromatic rings. The Kier molecular flexibility index (Phi) is 4.90. The Morgan fingerprint density at radius 1 is 0.923 bits per heavy atom. The molecule has 0 amide bonds. The summed E-state index contributed by atoms with van der Waals surface area (Å²) in [6, 6.07) is 9.61. The molecule has 2 aliphatic rings. The number of para-hydroxylation sites is 1. The summed E-state index contributed by atoms with van der Waals surface area (Å²) >= 11 is 0. The molecule has 0 spiro atoms. The second kappa shape index (κ2) is 7.47. The third-order valence-corrected chi connectivity index (χ3v) is 5.11. The van der Waals surface area contributed by atoms with Gasteiger partial charge in [0.15, 0.2) is 0 Å². The number of nitrogens with zero attached hydrogens (tertiary/aromatic N) is 5. The first-order valence-electron chi connectivity index (χ1n) is 9.18. The molecule has 4 rings (SSSR count). The molecule has 7 heteroatoms. The third-order valence-electron chi connectivity index (χ3n) is 5.11. The lowest BCUT2D eigenvalue weighted by atomic mass is 10.2. The Bertz CT molecular complexity index is 793. The van der Waals surface area contributed by atoms with E-state index in [1.165, 1.54) is 4.68 Å². The van der Waals surface area contributed by atoms with Crippen LogP contribution in [0.3, 0.4) is 0 Å². The molecule has 0 radical (unpaired) electrons. The Labute approximate surface area is 153 Å². The molecular weight excluding hydrogens is 330 g/mol. The summed E-state index contributed by atoms with van der Waals surface area (Å²) in [6.07, 6.45) is 1.85. The normalized spacial score (nSPS) is 19.0. The van der Waals surface area contributed by atoms with Gasteiger partial charge in [-0.3, -0.25) is 4.79 Å². The van der Waals surface area contributed by atoms with Crippen LogP contribution in [0, 0.1) is 0 Å². The molecule has 1 aromatic heterocycles. The second-order valence-electron chi connectivity index (χ2n) is 6.82. The largest absolute Gasteiger partial charge is 0.378 e. The van der Waals surface area contributed by atoms with Crippen molar-refractivity contribution >= 4 is 11.4 Å². The van der Waals surface area contributed by atoms with Gasteiger partial charge >= 0.3 is 0 Å². The number of hydrogen-bond acceptors (Lipinski definition) is 6. The van der Waals surface area contributed by atoms with Gasteiger partial charge < -0.3 is 19.4 Å². The molecule has 7 nitrogen and oxygen atoms in total. The van der Waals surface area contributed by atoms with E-state index in [4.69, 9.17) is 4.74 Å². The molecule has 2 fully saturated rings. The molecule has 1 aromatic carbocycles. The summed E-state index contributed by atoms with van der Waals surface area (Å²) in [5.41, 5.74) is 2.42.